The van der Waals surface area contributed by atoms with Crippen LogP contribution in [0, 0.1) is 5.92 Å². The fourth-order valence-electron chi connectivity index (χ4n) is 3.63. The van der Waals surface area contributed by atoms with Crippen LogP contribution < -0.4 is 10.6 Å². The van der Waals surface area contributed by atoms with Gasteiger partial charge in [-0.3, -0.25) is 19.6 Å². The Morgan fingerprint density at radius 2 is 1.73 bits per heavy atom. The maximum atomic E-state index is 12.6. The highest BCUT2D eigenvalue weighted by molar-refractivity contribution is 5.94. The van der Waals surface area contributed by atoms with Crippen LogP contribution in [0.3, 0.4) is 0 Å². The molecule has 1 fully saturated rings. The van der Waals surface area contributed by atoms with Crippen molar-refractivity contribution in [3.8, 4) is 11.1 Å². The molecule has 1 aliphatic rings. The van der Waals surface area contributed by atoms with Gasteiger partial charge in [-0.1, -0.05) is 0 Å². The van der Waals surface area contributed by atoms with Crippen LogP contribution in [0.2, 0.25) is 0 Å². The fourth-order valence-corrected chi connectivity index (χ4v) is 3.63. The quantitative estimate of drug-likeness (QED) is 0.694. The number of hydrogen-bond donors (Lipinski definition) is 2. The number of likely N-dealkylation sites (tertiary alicyclic amines) is 1. The summed E-state index contributed by atoms with van der Waals surface area (Å²) in [6.45, 7) is 3.32. The van der Waals surface area contributed by atoms with E-state index in [2.05, 4.69) is 37.5 Å². The number of pyridine rings is 3. The van der Waals surface area contributed by atoms with E-state index >= 15 is 0 Å². The van der Waals surface area contributed by atoms with Gasteiger partial charge in [0.2, 0.25) is 11.8 Å². The Morgan fingerprint density at radius 3 is 2.50 bits per heavy atom. The lowest BCUT2D eigenvalue weighted by atomic mass is 9.96. The molecule has 2 amide bonds. The smallest absolute Gasteiger partial charge is 0.228 e. The Bertz CT molecular complexity index is 1090. The summed E-state index contributed by atoms with van der Waals surface area (Å²) in [6, 6.07) is 5.66. The minimum absolute atomic E-state index is 0.0192. The average molecular weight is 404 g/mol. The average Bonchev–Trinajstić information content (AvgIpc) is 2.73. The molecule has 3 aromatic heterocycles. The van der Waals surface area contributed by atoms with Gasteiger partial charge in [-0.2, -0.15) is 0 Å². The largest absolute Gasteiger partial charge is 0.325 e. The first kappa shape index (κ1) is 19.9. The molecule has 0 unspecified atom stereocenters. The highest BCUT2D eigenvalue weighted by Crippen LogP contribution is 2.25. The second-order valence-electron chi connectivity index (χ2n) is 7.70. The van der Waals surface area contributed by atoms with Gasteiger partial charge < -0.3 is 15.5 Å². The molecule has 3 aromatic rings. The van der Waals surface area contributed by atoms with Crippen LogP contribution in [0.4, 0.5) is 11.5 Å². The summed E-state index contributed by atoms with van der Waals surface area (Å²) in [4.78, 5) is 39.1. The van der Waals surface area contributed by atoms with Gasteiger partial charge in [-0.15, -0.1) is 0 Å². The molecule has 4 heterocycles. The van der Waals surface area contributed by atoms with E-state index in [9.17, 15) is 9.59 Å². The number of rotatable bonds is 4. The number of nitrogens with zero attached hydrogens (tertiary/aromatic N) is 4. The second kappa shape index (κ2) is 8.54. The maximum Gasteiger partial charge on any atom is 0.228 e. The SMILES string of the molecule is CC(=O)Nc1cncc(-c2cnc3cnc(NC(=O)C4CCN(C)CC4)cc3c2)c1. The molecule has 4 rings (SSSR count). The van der Waals surface area contributed by atoms with Crippen LogP contribution in [0.1, 0.15) is 19.8 Å². The molecule has 8 nitrogen and oxygen atoms in total. The number of nitrogens with one attached hydrogen (secondary N) is 2. The lowest BCUT2D eigenvalue weighted by Gasteiger charge is -2.27. The number of carbonyl (C=O) groups is 2. The molecule has 154 valence electrons. The van der Waals surface area contributed by atoms with E-state index in [1.165, 1.54) is 6.92 Å². The van der Waals surface area contributed by atoms with Crippen LogP contribution in [0.15, 0.2) is 43.0 Å². The molecule has 30 heavy (non-hydrogen) atoms. The molecule has 0 aromatic carbocycles. The van der Waals surface area contributed by atoms with Crippen LogP contribution >= 0.6 is 0 Å². The van der Waals surface area contributed by atoms with Gasteiger partial charge in [-0.25, -0.2) is 4.98 Å². The number of carbonyl (C=O) groups excluding carboxylic acids is 2. The third kappa shape index (κ3) is 4.60. The Hall–Kier alpha value is -3.39. The summed E-state index contributed by atoms with van der Waals surface area (Å²) in [5, 5.41) is 6.55. The van der Waals surface area contributed by atoms with Crippen molar-refractivity contribution in [2.75, 3.05) is 30.8 Å². The van der Waals surface area contributed by atoms with E-state index in [4.69, 9.17) is 0 Å². The molecule has 8 heteroatoms. The molecule has 1 saturated heterocycles. The van der Waals surface area contributed by atoms with Crippen molar-refractivity contribution in [1.29, 1.82) is 0 Å². The highest BCUT2D eigenvalue weighted by atomic mass is 16.2. The topological polar surface area (TPSA) is 100 Å². The standard InChI is InChI=1S/C22H24N6O2/c1-14(29)26-19-8-18(10-23-12-19)17-7-16-9-21(25-13-20(16)24-11-17)27-22(30)15-3-5-28(2)6-4-15/h7-13,15H,3-6H2,1-2H3,(H,26,29)(H,25,27,30). The van der Waals surface area contributed by atoms with E-state index in [1.54, 1.807) is 24.8 Å². The summed E-state index contributed by atoms with van der Waals surface area (Å²) in [5.74, 6) is 0.411. The zero-order valence-electron chi connectivity index (χ0n) is 17.1. The Labute approximate surface area is 174 Å². The first-order valence-corrected chi connectivity index (χ1v) is 9.96. The third-order valence-electron chi connectivity index (χ3n) is 5.30. The Balaban J connectivity index is 1.55. The number of amides is 2. The third-order valence-corrected chi connectivity index (χ3v) is 5.30. The zero-order valence-corrected chi connectivity index (χ0v) is 17.1. The summed E-state index contributed by atoms with van der Waals surface area (Å²) in [6.07, 6.45) is 8.45. The van der Waals surface area contributed by atoms with Crippen molar-refractivity contribution in [3.05, 3.63) is 43.0 Å². The number of piperidine rings is 1. The molecule has 2 N–H and O–H groups in total. The lowest BCUT2D eigenvalue weighted by molar-refractivity contribution is -0.121. The van der Waals surface area contributed by atoms with Crippen molar-refractivity contribution < 1.29 is 9.59 Å². The molecular formula is C22H24N6O2. The van der Waals surface area contributed by atoms with E-state index in [1.807, 2.05) is 18.2 Å². The predicted molar refractivity (Wildman–Crippen MR) is 116 cm³/mol. The normalized spacial score (nSPS) is 15.1. The van der Waals surface area contributed by atoms with Crippen molar-refractivity contribution in [3.63, 3.8) is 0 Å². The first-order valence-electron chi connectivity index (χ1n) is 9.96. The maximum absolute atomic E-state index is 12.6. The van der Waals surface area contributed by atoms with Crippen molar-refractivity contribution >= 4 is 34.2 Å². The van der Waals surface area contributed by atoms with Crippen molar-refractivity contribution in [2.45, 2.75) is 19.8 Å². The molecule has 1 aliphatic heterocycles. The van der Waals surface area contributed by atoms with Gasteiger partial charge in [-0.05, 0) is 51.2 Å². The predicted octanol–water partition coefficient (Wildman–Crippen LogP) is 2.93. The van der Waals surface area contributed by atoms with Crippen LogP contribution in [0.5, 0.6) is 0 Å². The number of fused-ring (bicyclic) bond motifs is 1. The Kier molecular flexibility index (Phi) is 5.67. The highest BCUT2D eigenvalue weighted by Gasteiger charge is 2.23. The molecular weight excluding hydrogens is 380 g/mol. The lowest BCUT2D eigenvalue weighted by Crippen LogP contribution is -2.36. The van der Waals surface area contributed by atoms with Crippen molar-refractivity contribution in [2.24, 2.45) is 5.92 Å². The summed E-state index contributed by atoms with van der Waals surface area (Å²) >= 11 is 0. The molecule has 0 saturated carbocycles. The van der Waals surface area contributed by atoms with E-state index in [-0.39, 0.29) is 17.7 Å². The summed E-state index contributed by atoms with van der Waals surface area (Å²) in [7, 11) is 2.07. The van der Waals surface area contributed by atoms with Crippen LogP contribution in [-0.2, 0) is 9.59 Å². The number of hydrogen-bond acceptors (Lipinski definition) is 6. The number of anilines is 2. The van der Waals surface area contributed by atoms with Crippen LogP contribution in [-0.4, -0.2) is 51.8 Å². The zero-order chi connectivity index (χ0) is 21.1. The molecule has 0 spiro atoms. The van der Waals surface area contributed by atoms with Gasteiger partial charge in [0.15, 0.2) is 0 Å². The molecule has 0 aliphatic carbocycles. The second-order valence-corrected chi connectivity index (χ2v) is 7.70. The van der Waals surface area contributed by atoms with Gasteiger partial charge in [0.05, 0.1) is 23.6 Å². The van der Waals surface area contributed by atoms with Gasteiger partial charge in [0, 0.05) is 41.7 Å². The molecule has 0 atom stereocenters. The van der Waals surface area contributed by atoms with Gasteiger partial charge >= 0.3 is 0 Å². The van der Waals surface area contributed by atoms with E-state index < -0.39 is 0 Å². The van der Waals surface area contributed by atoms with Crippen LogP contribution in [0.25, 0.3) is 22.0 Å². The Morgan fingerprint density at radius 1 is 0.967 bits per heavy atom. The molecule has 0 radical (unpaired) electrons. The number of aromatic nitrogens is 3. The monoisotopic (exact) mass is 404 g/mol. The van der Waals surface area contributed by atoms with E-state index in [0.717, 1.165) is 48.0 Å². The first-order chi connectivity index (χ1) is 14.5. The minimum atomic E-state index is -0.151. The summed E-state index contributed by atoms with van der Waals surface area (Å²) < 4.78 is 0. The fraction of sp³-hybridized carbons (Fsp3) is 0.318. The van der Waals surface area contributed by atoms with E-state index in [0.29, 0.717) is 11.5 Å². The minimum Gasteiger partial charge on any atom is -0.325 e. The van der Waals surface area contributed by atoms with Crippen molar-refractivity contribution in [1.82, 2.24) is 19.9 Å². The van der Waals surface area contributed by atoms with Gasteiger partial charge in [0.25, 0.3) is 0 Å². The molecule has 0 bridgehead atoms. The summed E-state index contributed by atoms with van der Waals surface area (Å²) in [5.41, 5.74) is 3.06. The van der Waals surface area contributed by atoms with Gasteiger partial charge in [0.1, 0.15) is 5.82 Å².